The van der Waals surface area contributed by atoms with Crippen molar-refractivity contribution in [1.29, 1.82) is 0 Å². The quantitative estimate of drug-likeness (QED) is 0.237. The van der Waals surface area contributed by atoms with Gasteiger partial charge in [-0.25, -0.2) is 8.78 Å². The van der Waals surface area contributed by atoms with Crippen molar-refractivity contribution in [2.24, 2.45) is 17.8 Å². The van der Waals surface area contributed by atoms with Gasteiger partial charge in [-0.05, 0) is 129 Å². The normalized spacial score (nSPS) is 23.1. The molecular weight excluding hydrogens is 517 g/mol. The number of rotatable bonds is 9. The number of halogens is 3. The van der Waals surface area contributed by atoms with E-state index in [9.17, 15) is 8.78 Å². The lowest BCUT2D eigenvalue weighted by atomic mass is 9.68. The van der Waals surface area contributed by atoms with E-state index in [4.69, 9.17) is 4.74 Å². The predicted molar refractivity (Wildman–Crippen MR) is 163 cm³/mol. The summed E-state index contributed by atoms with van der Waals surface area (Å²) >= 11 is 0. The molecule has 0 spiro atoms. The highest BCUT2D eigenvalue weighted by atomic mass is 19.2. The van der Waals surface area contributed by atoms with E-state index >= 15 is 4.39 Å². The molecule has 1 nitrogen and oxygen atoms in total. The summed E-state index contributed by atoms with van der Waals surface area (Å²) in [6.45, 7) is 4.09. The molecule has 0 amide bonds. The van der Waals surface area contributed by atoms with Crippen molar-refractivity contribution in [3.8, 4) is 28.0 Å². The highest BCUT2D eigenvalue weighted by Gasteiger charge is 2.32. The van der Waals surface area contributed by atoms with E-state index in [0.717, 1.165) is 47.3 Å². The van der Waals surface area contributed by atoms with Gasteiger partial charge >= 0.3 is 0 Å². The molecule has 5 rings (SSSR count). The van der Waals surface area contributed by atoms with Gasteiger partial charge in [0, 0.05) is 5.56 Å². The van der Waals surface area contributed by atoms with Gasteiger partial charge in [0.2, 0.25) is 5.82 Å². The zero-order chi connectivity index (χ0) is 28.8. The van der Waals surface area contributed by atoms with E-state index in [1.807, 2.05) is 24.3 Å². The van der Waals surface area contributed by atoms with Gasteiger partial charge in [-0.2, -0.15) is 4.39 Å². The van der Waals surface area contributed by atoms with Crippen molar-refractivity contribution in [3.63, 3.8) is 0 Å². The Balaban J connectivity index is 1.18. The lowest BCUT2D eigenvalue weighted by Crippen LogP contribution is -2.25. The predicted octanol–water partition coefficient (Wildman–Crippen LogP) is 11.3. The summed E-state index contributed by atoms with van der Waals surface area (Å²) in [6.07, 6.45) is 17.1. The zero-order valence-corrected chi connectivity index (χ0v) is 24.5. The molecule has 0 unspecified atom stereocenters. The van der Waals surface area contributed by atoms with Crippen LogP contribution < -0.4 is 4.74 Å². The summed E-state index contributed by atoms with van der Waals surface area (Å²) in [7, 11) is 0. The van der Waals surface area contributed by atoms with Crippen LogP contribution in [0.25, 0.3) is 22.3 Å². The van der Waals surface area contributed by atoms with Gasteiger partial charge in [-0.15, -0.1) is 0 Å². The molecule has 2 aliphatic carbocycles. The maximum Gasteiger partial charge on any atom is 0.201 e. The van der Waals surface area contributed by atoms with Crippen molar-refractivity contribution in [2.75, 3.05) is 6.61 Å². The first-order valence-corrected chi connectivity index (χ1v) is 15.6. The lowest BCUT2D eigenvalue weighted by Gasteiger charge is -2.38. The van der Waals surface area contributed by atoms with E-state index in [1.54, 1.807) is 25.1 Å². The maximum atomic E-state index is 15.4. The average Bonchev–Trinajstić information content (AvgIpc) is 3.00. The van der Waals surface area contributed by atoms with Gasteiger partial charge in [0.15, 0.2) is 11.6 Å². The number of benzene rings is 3. The van der Waals surface area contributed by atoms with Crippen molar-refractivity contribution < 1.29 is 17.9 Å². The molecule has 0 radical (unpaired) electrons. The Hall–Kier alpha value is -3.01. The van der Waals surface area contributed by atoms with E-state index < -0.39 is 11.6 Å². The monoisotopic (exact) mass is 560 g/mol. The summed E-state index contributed by atoms with van der Waals surface area (Å²) in [5.74, 6) is 0.707. The molecule has 0 saturated heterocycles. The first-order chi connectivity index (χ1) is 20.0. The van der Waals surface area contributed by atoms with Crippen LogP contribution in [0.3, 0.4) is 0 Å². The molecule has 0 aromatic heterocycles. The van der Waals surface area contributed by atoms with Gasteiger partial charge in [0.1, 0.15) is 5.82 Å². The molecule has 41 heavy (non-hydrogen) atoms. The van der Waals surface area contributed by atoms with Gasteiger partial charge in [0.25, 0.3) is 0 Å². The van der Waals surface area contributed by atoms with Gasteiger partial charge in [-0.3, -0.25) is 0 Å². The SMILES string of the molecule is C/C=C/CCC1CCC(C2CCC(c3ccc(-c4ccc(-c5ccc(OCC)c(F)c5F)cc4)cc3F)CC2)CC1. The largest absolute Gasteiger partial charge is 0.491 e. The summed E-state index contributed by atoms with van der Waals surface area (Å²) in [4.78, 5) is 0. The number of hydrogen-bond acceptors (Lipinski definition) is 1. The smallest absolute Gasteiger partial charge is 0.201 e. The van der Waals surface area contributed by atoms with Crippen LogP contribution in [0.2, 0.25) is 0 Å². The standard InChI is InChI=1S/C37H43F3O/c1-3-5-6-7-25-8-10-26(11-9-25)27-12-16-29(17-13-27)32-21-20-31(24-34(32)38)28-14-18-30(19-15-28)33-22-23-35(41-4-2)37(40)36(33)39/h3,5,14-15,18-27,29H,4,6-13,16-17H2,1-2H3/b5-3+. The number of hydrogen-bond donors (Lipinski definition) is 0. The van der Waals surface area contributed by atoms with Crippen molar-refractivity contribution in [2.45, 2.75) is 84.0 Å². The van der Waals surface area contributed by atoms with Crippen LogP contribution in [0.4, 0.5) is 13.2 Å². The van der Waals surface area contributed by atoms with Gasteiger partial charge in [-0.1, -0.05) is 61.4 Å². The summed E-state index contributed by atoms with van der Waals surface area (Å²) in [5.41, 5.74) is 3.20. The summed E-state index contributed by atoms with van der Waals surface area (Å²) in [6, 6.07) is 15.7. The van der Waals surface area contributed by atoms with E-state index in [2.05, 4.69) is 19.1 Å². The third kappa shape index (κ3) is 6.90. The zero-order valence-electron chi connectivity index (χ0n) is 24.5. The summed E-state index contributed by atoms with van der Waals surface area (Å²) in [5, 5.41) is 0. The topological polar surface area (TPSA) is 9.23 Å². The van der Waals surface area contributed by atoms with Crippen LogP contribution in [0.15, 0.2) is 66.7 Å². The molecule has 218 valence electrons. The number of ether oxygens (including phenoxy) is 1. The van der Waals surface area contributed by atoms with E-state index in [1.165, 1.54) is 63.5 Å². The molecule has 2 saturated carbocycles. The second-order valence-electron chi connectivity index (χ2n) is 12.0. The Morgan fingerprint density at radius 3 is 2.00 bits per heavy atom. The molecule has 2 aliphatic rings. The highest BCUT2D eigenvalue weighted by molar-refractivity contribution is 5.71. The molecule has 0 atom stereocenters. The van der Waals surface area contributed by atoms with Crippen molar-refractivity contribution in [1.82, 2.24) is 0 Å². The Bertz CT molecular complexity index is 1310. The fraction of sp³-hybridized carbons (Fsp3) is 0.459. The molecule has 3 aromatic rings. The first kappa shape index (κ1) is 29.5. The molecule has 0 heterocycles. The molecule has 3 aromatic carbocycles. The van der Waals surface area contributed by atoms with Crippen LogP contribution in [-0.2, 0) is 0 Å². The third-order valence-electron chi connectivity index (χ3n) is 9.62. The minimum atomic E-state index is -0.983. The lowest BCUT2D eigenvalue weighted by molar-refractivity contribution is 0.156. The summed E-state index contributed by atoms with van der Waals surface area (Å²) < 4.78 is 49.5. The molecule has 0 N–H and O–H groups in total. The molecule has 0 aliphatic heterocycles. The van der Waals surface area contributed by atoms with Crippen LogP contribution >= 0.6 is 0 Å². The van der Waals surface area contributed by atoms with Gasteiger partial charge in [0.05, 0.1) is 6.61 Å². The van der Waals surface area contributed by atoms with Crippen molar-refractivity contribution in [3.05, 3.63) is 89.8 Å². The van der Waals surface area contributed by atoms with Crippen molar-refractivity contribution >= 4 is 0 Å². The van der Waals surface area contributed by atoms with E-state index in [0.29, 0.717) is 5.56 Å². The van der Waals surface area contributed by atoms with E-state index in [-0.39, 0.29) is 29.7 Å². The second-order valence-corrected chi connectivity index (χ2v) is 12.0. The minimum Gasteiger partial charge on any atom is -0.491 e. The average molecular weight is 561 g/mol. The Morgan fingerprint density at radius 1 is 0.732 bits per heavy atom. The molecule has 0 bridgehead atoms. The third-order valence-corrected chi connectivity index (χ3v) is 9.62. The second kappa shape index (κ2) is 13.8. The first-order valence-electron chi connectivity index (χ1n) is 15.6. The molecule has 4 heteroatoms. The molecular formula is C37H43F3O. The highest BCUT2D eigenvalue weighted by Crippen LogP contribution is 2.45. The van der Waals surface area contributed by atoms with Crippen LogP contribution in [0, 0.1) is 35.2 Å². The Morgan fingerprint density at radius 2 is 1.37 bits per heavy atom. The van der Waals surface area contributed by atoms with Gasteiger partial charge < -0.3 is 4.74 Å². The van der Waals surface area contributed by atoms with Crippen LogP contribution in [0.1, 0.15) is 89.5 Å². The fourth-order valence-electron chi connectivity index (χ4n) is 7.25. The Kier molecular flexibility index (Phi) is 9.90. The van der Waals surface area contributed by atoms with Crippen LogP contribution in [0.5, 0.6) is 5.75 Å². The molecule has 2 fully saturated rings. The number of allylic oxidation sites excluding steroid dienone is 2. The van der Waals surface area contributed by atoms with Crippen LogP contribution in [-0.4, -0.2) is 6.61 Å². The maximum absolute atomic E-state index is 15.4. The fourth-order valence-corrected chi connectivity index (χ4v) is 7.25. The minimum absolute atomic E-state index is 0.0900. The Labute approximate surface area is 243 Å².